The number of pyridine rings is 1. The van der Waals surface area contributed by atoms with Gasteiger partial charge >= 0.3 is 5.69 Å². The molecule has 0 aliphatic rings. The smallest absolute Gasteiger partial charge is 0.356 e. The molecule has 2 unspecified atom stereocenters. The molecule has 2 atom stereocenters. The number of nitrogens with zero attached hydrogens (tertiary/aromatic N) is 4. The summed E-state index contributed by atoms with van der Waals surface area (Å²) in [4.78, 5) is 16.1. The summed E-state index contributed by atoms with van der Waals surface area (Å²) in [6.07, 6.45) is 5.29. The molecule has 0 amide bonds. The number of hydrogen-bond acceptors (Lipinski definition) is 4. The predicted molar refractivity (Wildman–Crippen MR) is 124 cm³/mol. The van der Waals surface area contributed by atoms with Crippen LogP contribution in [-0.2, 0) is 6.54 Å². The lowest BCUT2D eigenvalue weighted by Crippen LogP contribution is -2.19. The summed E-state index contributed by atoms with van der Waals surface area (Å²) in [7, 11) is 0. The summed E-state index contributed by atoms with van der Waals surface area (Å²) in [5, 5.41) is 5.54. The van der Waals surface area contributed by atoms with Gasteiger partial charge < -0.3 is 4.52 Å². The molecule has 0 fully saturated rings. The van der Waals surface area contributed by atoms with Gasteiger partial charge in [0.25, 0.3) is 0 Å². The topological polar surface area (TPSA) is 65.3 Å². The van der Waals surface area contributed by atoms with Gasteiger partial charge in [0.1, 0.15) is 0 Å². The second kappa shape index (κ2) is 8.69. The van der Waals surface area contributed by atoms with Crippen LogP contribution in [0.4, 0.5) is 0 Å². The molecule has 4 rings (SSSR count). The summed E-state index contributed by atoms with van der Waals surface area (Å²) < 4.78 is 9.12. The van der Waals surface area contributed by atoms with E-state index in [4.69, 9.17) is 4.52 Å². The molecular weight excluding hydrogens is 388 g/mol. The Morgan fingerprint density at radius 1 is 1.00 bits per heavy atom. The molecule has 0 saturated carbocycles. The van der Waals surface area contributed by atoms with Gasteiger partial charge in [-0.3, -0.25) is 0 Å². The van der Waals surface area contributed by atoms with E-state index >= 15 is 0 Å². The van der Waals surface area contributed by atoms with Crippen LogP contribution in [0.3, 0.4) is 0 Å². The Labute approximate surface area is 182 Å². The molecule has 1 aromatic carbocycles. The van der Waals surface area contributed by atoms with Crippen molar-refractivity contribution in [2.75, 3.05) is 0 Å². The van der Waals surface area contributed by atoms with Crippen molar-refractivity contribution in [1.29, 1.82) is 0 Å². The van der Waals surface area contributed by atoms with Crippen LogP contribution in [0.1, 0.15) is 88.5 Å². The molecule has 0 N–H and O–H groups in total. The third-order valence-electron chi connectivity index (χ3n) is 6.42. The van der Waals surface area contributed by atoms with E-state index in [1.807, 2.05) is 23.6 Å². The van der Waals surface area contributed by atoms with Crippen LogP contribution >= 0.6 is 0 Å². The Morgan fingerprint density at radius 2 is 1.74 bits per heavy atom. The van der Waals surface area contributed by atoms with Crippen LogP contribution in [0.2, 0.25) is 0 Å². The minimum Gasteiger partial charge on any atom is -0.356 e. The van der Waals surface area contributed by atoms with E-state index in [2.05, 4.69) is 62.2 Å². The SMILES string of the molecule is CCn1c(=O)nc2ccc(C(C)CCCC(C)c3noc4ccc(C(C)C)cc34)cn21. The summed E-state index contributed by atoms with van der Waals surface area (Å²) in [5.74, 6) is 1.23. The molecule has 4 aromatic rings. The molecule has 3 heterocycles. The molecule has 31 heavy (non-hydrogen) atoms. The van der Waals surface area contributed by atoms with Crippen molar-refractivity contribution in [3.05, 3.63) is 63.8 Å². The minimum absolute atomic E-state index is 0.193. The van der Waals surface area contributed by atoms with Crippen molar-refractivity contribution < 1.29 is 4.52 Å². The molecule has 6 heteroatoms. The van der Waals surface area contributed by atoms with Gasteiger partial charge in [0.2, 0.25) is 0 Å². The van der Waals surface area contributed by atoms with Gasteiger partial charge in [0.05, 0.1) is 5.69 Å². The fourth-order valence-electron chi connectivity index (χ4n) is 4.33. The minimum atomic E-state index is -0.193. The first-order valence-corrected chi connectivity index (χ1v) is 11.4. The lowest BCUT2D eigenvalue weighted by molar-refractivity contribution is 0.432. The molecule has 164 valence electrons. The van der Waals surface area contributed by atoms with Gasteiger partial charge in [-0.05, 0) is 60.9 Å². The number of aromatic nitrogens is 4. The Morgan fingerprint density at radius 3 is 2.48 bits per heavy atom. The van der Waals surface area contributed by atoms with Crippen LogP contribution in [-0.4, -0.2) is 19.3 Å². The Kier molecular flexibility index (Phi) is 5.99. The van der Waals surface area contributed by atoms with Crippen molar-refractivity contribution >= 4 is 16.6 Å². The fourth-order valence-corrected chi connectivity index (χ4v) is 4.33. The third kappa shape index (κ3) is 4.16. The highest BCUT2D eigenvalue weighted by atomic mass is 16.5. The van der Waals surface area contributed by atoms with Crippen molar-refractivity contribution in [3.8, 4) is 0 Å². The second-order valence-corrected chi connectivity index (χ2v) is 8.99. The lowest BCUT2D eigenvalue weighted by atomic mass is 9.91. The zero-order chi connectivity index (χ0) is 22.1. The summed E-state index contributed by atoms with van der Waals surface area (Å²) in [6, 6.07) is 10.4. The number of benzene rings is 1. The number of aryl methyl sites for hydroxylation is 1. The van der Waals surface area contributed by atoms with E-state index in [-0.39, 0.29) is 5.69 Å². The van der Waals surface area contributed by atoms with Crippen molar-refractivity contribution in [2.24, 2.45) is 0 Å². The molecule has 0 radical (unpaired) electrons. The van der Waals surface area contributed by atoms with Gasteiger partial charge in [-0.15, -0.1) is 0 Å². The van der Waals surface area contributed by atoms with Crippen LogP contribution in [0, 0.1) is 0 Å². The zero-order valence-corrected chi connectivity index (χ0v) is 19.1. The largest absolute Gasteiger partial charge is 0.364 e. The quantitative estimate of drug-likeness (QED) is 0.358. The maximum atomic E-state index is 12.0. The Balaban J connectivity index is 1.43. The van der Waals surface area contributed by atoms with Crippen molar-refractivity contribution in [1.82, 2.24) is 19.3 Å². The van der Waals surface area contributed by atoms with Gasteiger partial charge in [-0.1, -0.05) is 51.4 Å². The fraction of sp³-hybridized carbons (Fsp3) is 0.480. The average molecular weight is 421 g/mol. The monoisotopic (exact) mass is 420 g/mol. The van der Waals surface area contributed by atoms with E-state index in [1.165, 1.54) is 11.1 Å². The standard InChI is InChI=1S/C25H32N4O2/c1-6-28-25(30)26-23-13-11-20(15-29(23)28)17(4)8-7-9-18(5)24-21-14-19(16(2)3)10-12-22(21)31-27-24/h10-18H,6-9H2,1-5H3. The number of hydrogen-bond donors (Lipinski definition) is 0. The van der Waals surface area contributed by atoms with Gasteiger partial charge in [-0.2, -0.15) is 4.98 Å². The van der Waals surface area contributed by atoms with Gasteiger partial charge in [0, 0.05) is 24.0 Å². The lowest BCUT2D eigenvalue weighted by Gasteiger charge is -2.15. The average Bonchev–Trinajstić information content (AvgIpc) is 3.32. The first-order valence-electron chi connectivity index (χ1n) is 11.4. The van der Waals surface area contributed by atoms with Crippen LogP contribution in [0.5, 0.6) is 0 Å². The molecule has 0 aliphatic carbocycles. The highest BCUT2D eigenvalue weighted by Crippen LogP contribution is 2.32. The molecule has 0 spiro atoms. The second-order valence-electron chi connectivity index (χ2n) is 8.99. The van der Waals surface area contributed by atoms with E-state index in [0.29, 0.717) is 29.9 Å². The first kappa shape index (κ1) is 21.3. The zero-order valence-electron chi connectivity index (χ0n) is 19.1. The predicted octanol–water partition coefficient (Wildman–Crippen LogP) is 5.86. The Bertz CT molecular complexity index is 1250. The first-order chi connectivity index (χ1) is 14.9. The van der Waals surface area contributed by atoms with Crippen LogP contribution in [0.25, 0.3) is 16.6 Å². The highest BCUT2D eigenvalue weighted by molar-refractivity contribution is 5.80. The summed E-state index contributed by atoms with van der Waals surface area (Å²) in [5.41, 5.74) is 5.00. The maximum Gasteiger partial charge on any atom is 0.364 e. The number of fused-ring (bicyclic) bond motifs is 2. The number of rotatable bonds is 8. The van der Waals surface area contributed by atoms with E-state index in [1.54, 1.807) is 4.68 Å². The van der Waals surface area contributed by atoms with Crippen molar-refractivity contribution in [3.63, 3.8) is 0 Å². The molecule has 0 saturated heterocycles. The normalized spacial score (nSPS) is 14.0. The van der Waals surface area contributed by atoms with Crippen molar-refractivity contribution in [2.45, 2.75) is 78.2 Å². The maximum absolute atomic E-state index is 12.0. The van der Waals surface area contributed by atoms with E-state index in [0.717, 1.165) is 35.9 Å². The molecule has 0 bridgehead atoms. The summed E-state index contributed by atoms with van der Waals surface area (Å²) in [6.45, 7) is 11.5. The molecule has 0 aliphatic heterocycles. The highest BCUT2D eigenvalue weighted by Gasteiger charge is 2.17. The molecule has 3 aromatic heterocycles. The summed E-state index contributed by atoms with van der Waals surface area (Å²) >= 11 is 0. The van der Waals surface area contributed by atoms with E-state index < -0.39 is 0 Å². The van der Waals surface area contributed by atoms with E-state index in [9.17, 15) is 4.79 Å². The molecule has 6 nitrogen and oxygen atoms in total. The van der Waals surface area contributed by atoms with Gasteiger partial charge in [0.15, 0.2) is 11.2 Å². The Hall–Kier alpha value is -2.89. The molecular formula is C25H32N4O2. The van der Waals surface area contributed by atoms with Crippen LogP contribution < -0.4 is 5.69 Å². The van der Waals surface area contributed by atoms with Crippen LogP contribution in [0.15, 0.2) is 45.8 Å². The van der Waals surface area contributed by atoms with Gasteiger partial charge in [-0.25, -0.2) is 14.0 Å². The third-order valence-corrected chi connectivity index (χ3v) is 6.42.